The van der Waals surface area contributed by atoms with Gasteiger partial charge in [-0.25, -0.2) is 4.79 Å². The molecule has 0 saturated carbocycles. The predicted molar refractivity (Wildman–Crippen MR) is 139 cm³/mol. The Bertz CT molecular complexity index is 955. The number of carbonyl (C=O) groups is 4. The number of phenolic OH excluding ortho intramolecular Hbond substituents is 1. The number of aliphatic hydroxyl groups is 1. The van der Waals surface area contributed by atoms with Crippen molar-refractivity contribution in [3.8, 4) is 5.75 Å². The summed E-state index contributed by atoms with van der Waals surface area (Å²) in [7, 11) is 0. The van der Waals surface area contributed by atoms with Crippen molar-refractivity contribution in [3.05, 3.63) is 29.8 Å². The zero-order chi connectivity index (χ0) is 28.1. The van der Waals surface area contributed by atoms with E-state index >= 15 is 0 Å². The van der Waals surface area contributed by atoms with Crippen LogP contribution in [0.1, 0.15) is 25.3 Å². The number of aliphatic hydroxyl groups excluding tert-OH is 1. The van der Waals surface area contributed by atoms with E-state index in [4.69, 9.17) is 17.2 Å². The van der Waals surface area contributed by atoms with E-state index in [0.717, 1.165) is 0 Å². The summed E-state index contributed by atoms with van der Waals surface area (Å²) in [5, 5.41) is 35.8. The number of rotatable bonds is 15. The van der Waals surface area contributed by atoms with Crippen LogP contribution >= 0.6 is 12.6 Å². The van der Waals surface area contributed by atoms with Gasteiger partial charge in [-0.05, 0) is 37.5 Å². The van der Waals surface area contributed by atoms with Crippen LogP contribution in [0.5, 0.6) is 5.75 Å². The summed E-state index contributed by atoms with van der Waals surface area (Å²) >= 11 is 4.06. The van der Waals surface area contributed by atoms with Gasteiger partial charge in [0, 0.05) is 18.7 Å². The van der Waals surface area contributed by atoms with E-state index < -0.39 is 54.0 Å². The minimum atomic E-state index is -1.33. The molecule has 5 unspecified atom stereocenters. The van der Waals surface area contributed by atoms with Crippen molar-refractivity contribution in [2.24, 2.45) is 22.2 Å². The number of hydrogen-bond acceptors (Lipinski definition) is 9. The number of carbonyl (C=O) groups excluding carboxylic acids is 3. The number of carboxylic acids is 1. The number of aliphatic imine (C=N–C) groups is 1. The molecule has 12 N–H and O–H groups in total. The molecule has 0 heterocycles. The van der Waals surface area contributed by atoms with Gasteiger partial charge in [-0.3, -0.25) is 19.4 Å². The Morgan fingerprint density at radius 2 is 1.51 bits per heavy atom. The number of nitrogens with one attached hydrogen (secondary N) is 3. The van der Waals surface area contributed by atoms with E-state index in [0.29, 0.717) is 5.56 Å². The molecule has 3 amide bonds. The molecule has 15 heteroatoms. The molecule has 0 saturated heterocycles. The van der Waals surface area contributed by atoms with Crippen LogP contribution in [0.2, 0.25) is 0 Å². The number of hydrogen-bond donors (Lipinski definition) is 10. The number of benzene rings is 1. The Kier molecular flexibility index (Phi) is 13.2. The highest BCUT2D eigenvalue weighted by Crippen LogP contribution is 2.12. The zero-order valence-corrected chi connectivity index (χ0v) is 21.2. The van der Waals surface area contributed by atoms with E-state index in [-0.39, 0.29) is 43.3 Å². The third-order valence-electron chi connectivity index (χ3n) is 5.21. The largest absolute Gasteiger partial charge is 0.508 e. The van der Waals surface area contributed by atoms with Crippen LogP contribution < -0.4 is 33.2 Å². The minimum absolute atomic E-state index is 0.00319. The van der Waals surface area contributed by atoms with Gasteiger partial charge in [-0.15, -0.1) is 0 Å². The molecule has 0 aliphatic carbocycles. The van der Waals surface area contributed by atoms with Gasteiger partial charge in [0.15, 0.2) is 5.96 Å². The lowest BCUT2D eigenvalue weighted by Gasteiger charge is -2.25. The van der Waals surface area contributed by atoms with E-state index in [1.165, 1.54) is 31.2 Å². The molecular formula is C22H35N7O7S. The first-order chi connectivity index (χ1) is 17.3. The number of nitrogens with two attached hydrogens (primary N) is 3. The molecule has 1 aromatic rings. The van der Waals surface area contributed by atoms with Gasteiger partial charge in [0.1, 0.15) is 29.9 Å². The maximum Gasteiger partial charge on any atom is 0.326 e. The highest BCUT2D eigenvalue weighted by molar-refractivity contribution is 7.80. The van der Waals surface area contributed by atoms with Crippen LogP contribution in [-0.4, -0.2) is 87.5 Å². The summed E-state index contributed by atoms with van der Waals surface area (Å²) in [6.07, 6.45) is -0.945. The third-order valence-corrected chi connectivity index (χ3v) is 5.57. The summed E-state index contributed by atoms with van der Waals surface area (Å²) in [6.45, 7) is 1.46. The molecule has 0 aliphatic heterocycles. The minimum Gasteiger partial charge on any atom is -0.508 e. The molecule has 0 fully saturated rings. The smallest absolute Gasteiger partial charge is 0.326 e. The average Bonchev–Trinajstić information content (AvgIpc) is 2.83. The lowest BCUT2D eigenvalue weighted by molar-refractivity contribution is -0.142. The van der Waals surface area contributed by atoms with Crippen LogP contribution in [0, 0.1) is 0 Å². The van der Waals surface area contributed by atoms with Gasteiger partial charge >= 0.3 is 5.97 Å². The molecule has 0 aliphatic rings. The number of carboxylic acid groups (broad SMARTS) is 1. The maximum absolute atomic E-state index is 13.0. The zero-order valence-electron chi connectivity index (χ0n) is 20.3. The Balaban J connectivity index is 3.00. The normalized spacial score (nSPS) is 14.8. The second-order valence-corrected chi connectivity index (χ2v) is 8.66. The first-order valence-electron chi connectivity index (χ1n) is 11.4. The molecule has 0 radical (unpaired) electrons. The first kappa shape index (κ1) is 31.5. The van der Waals surface area contributed by atoms with Gasteiger partial charge < -0.3 is 48.5 Å². The van der Waals surface area contributed by atoms with Gasteiger partial charge in [0.05, 0.1) is 6.10 Å². The molecular weight excluding hydrogens is 506 g/mol. The van der Waals surface area contributed by atoms with E-state index in [2.05, 4.69) is 33.6 Å². The van der Waals surface area contributed by atoms with Crippen LogP contribution in [0.4, 0.5) is 0 Å². The fourth-order valence-electron chi connectivity index (χ4n) is 3.07. The predicted octanol–water partition coefficient (Wildman–Crippen LogP) is -2.83. The summed E-state index contributed by atoms with van der Waals surface area (Å²) in [6, 6.07) is 0.793. The van der Waals surface area contributed by atoms with Crippen LogP contribution in [-0.2, 0) is 25.6 Å². The molecule has 206 valence electrons. The monoisotopic (exact) mass is 541 g/mol. The molecule has 0 aromatic heterocycles. The first-order valence-corrected chi connectivity index (χ1v) is 12.0. The Labute approximate surface area is 219 Å². The number of amides is 3. The fourth-order valence-corrected chi connectivity index (χ4v) is 3.32. The topological polar surface area (TPSA) is 255 Å². The van der Waals surface area contributed by atoms with Crippen molar-refractivity contribution in [1.82, 2.24) is 16.0 Å². The Morgan fingerprint density at radius 1 is 0.973 bits per heavy atom. The number of nitrogens with zero attached hydrogens (tertiary/aromatic N) is 1. The average molecular weight is 542 g/mol. The Morgan fingerprint density at radius 3 is 2.03 bits per heavy atom. The molecule has 37 heavy (non-hydrogen) atoms. The molecule has 1 rings (SSSR count). The van der Waals surface area contributed by atoms with E-state index in [9.17, 15) is 34.5 Å². The Hall–Kier alpha value is -3.56. The van der Waals surface area contributed by atoms with E-state index in [1.807, 2.05) is 0 Å². The van der Waals surface area contributed by atoms with Gasteiger partial charge in [0.25, 0.3) is 0 Å². The van der Waals surface area contributed by atoms with Crippen LogP contribution in [0.15, 0.2) is 29.3 Å². The summed E-state index contributed by atoms with van der Waals surface area (Å²) in [5.41, 5.74) is 16.7. The van der Waals surface area contributed by atoms with Gasteiger partial charge in [0.2, 0.25) is 17.7 Å². The van der Waals surface area contributed by atoms with Crippen molar-refractivity contribution in [3.63, 3.8) is 0 Å². The van der Waals surface area contributed by atoms with Crippen molar-refractivity contribution < 1.29 is 34.5 Å². The molecule has 0 spiro atoms. The molecule has 0 bridgehead atoms. The number of aromatic hydroxyl groups is 1. The van der Waals surface area contributed by atoms with Crippen molar-refractivity contribution in [1.29, 1.82) is 0 Å². The summed E-state index contributed by atoms with van der Waals surface area (Å²) < 4.78 is 0. The van der Waals surface area contributed by atoms with Crippen molar-refractivity contribution in [2.75, 3.05) is 12.3 Å². The van der Waals surface area contributed by atoms with Gasteiger partial charge in [-0.1, -0.05) is 12.1 Å². The summed E-state index contributed by atoms with van der Waals surface area (Å²) in [4.78, 5) is 53.6. The van der Waals surface area contributed by atoms with E-state index in [1.54, 1.807) is 0 Å². The van der Waals surface area contributed by atoms with Crippen molar-refractivity contribution >= 4 is 42.3 Å². The number of aliphatic carboxylic acids is 1. The lowest BCUT2D eigenvalue weighted by atomic mass is 10.0. The third kappa shape index (κ3) is 11.4. The number of phenols is 1. The fraction of sp³-hybridized carbons (Fsp3) is 0.500. The number of guanidine groups is 1. The highest BCUT2D eigenvalue weighted by Gasteiger charge is 2.30. The second-order valence-electron chi connectivity index (χ2n) is 8.29. The quantitative estimate of drug-likeness (QED) is 0.0471. The molecule has 14 nitrogen and oxygen atoms in total. The SMILES string of the molecule is CC(O)C(N)C(=O)NC(CS)C(=O)NC(CCCN=C(N)N)C(=O)NC(Cc1ccc(O)cc1)C(=O)O. The standard InChI is InChI=1S/C22H35N7O7S/c1-11(30)17(23)20(34)29-16(10-37)19(33)27-14(3-2-8-26-22(24)25)18(32)28-15(21(35)36)9-12-4-6-13(31)7-5-12/h4-7,11,14-17,30-31,37H,2-3,8-10,23H2,1H3,(H,27,33)(H,28,32)(H,29,34)(H,35,36)(H4,24,25,26). The number of thiol groups is 1. The highest BCUT2D eigenvalue weighted by atomic mass is 32.1. The molecule has 1 aromatic carbocycles. The van der Waals surface area contributed by atoms with Gasteiger partial charge in [-0.2, -0.15) is 12.6 Å². The van der Waals surface area contributed by atoms with Crippen LogP contribution in [0.3, 0.4) is 0 Å². The lowest BCUT2D eigenvalue weighted by Crippen LogP contribution is -2.58. The van der Waals surface area contributed by atoms with Crippen LogP contribution in [0.25, 0.3) is 0 Å². The summed E-state index contributed by atoms with van der Waals surface area (Å²) in [5.74, 6) is -3.95. The second kappa shape index (κ2) is 15.5. The van der Waals surface area contributed by atoms with Crippen molar-refractivity contribution in [2.45, 2.75) is 56.5 Å². The molecule has 5 atom stereocenters. The maximum atomic E-state index is 13.0.